The minimum absolute atomic E-state index is 0.0814. The van der Waals surface area contributed by atoms with E-state index in [1.807, 2.05) is 0 Å². The van der Waals surface area contributed by atoms with Gasteiger partial charge in [-0.15, -0.1) is 0 Å². The van der Waals surface area contributed by atoms with Gasteiger partial charge in [0, 0.05) is 25.7 Å². The van der Waals surface area contributed by atoms with Crippen LogP contribution in [0.4, 0.5) is 4.39 Å². The SMILES string of the molecule is CC(C)CN(CC(C)C)C(CN)c1ccc(F)c(Cl)c1. The fourth-order valence-corrected chi connectivity index (χ4v) is 2.67. The lowest BCUT2D eigenvalue weighted by Gasteiger charge is -2.34. The van der Waals surface area contributed by atoms with E-state index in [0.717, 1.165) is 18.7 Å². The molecule has 2 N–H and O–H groups in total. The molecule has 20 heavy (non-hydrogen) atoms. The lowest BCUT2D eigenvalue weighted by atomic mass is 10.0. The summed E-state index contributed by atoms with van der Waals surface area (Å²) in [6.07, 6.45) is 0. The second-order valence-corrected chi connectivity index (χ2v) is 6.57. The van der Waals surface area contributed by atoms with E-state index in [1.54, 1.807) is 12.1 Å². The summed E-state index contributed by atoms with van der Waals surface area (Å²) in [6.45, 7) is 11.2. The Morgan fingerprint density at radius 2 is 1.70 bits per heavy atom. The van der Waals surface area contributed by atoms with Gasteiger partial charge in [-0.25, -0.2) is 4.39 Å². The van der Waals surface area contributed by atoms with Gasteiger partial charge in [0.1, 0.15) is 5.82 Å². The third-order valence-electron chi connectivity index (χ3n) is 3.19. The van der Waals surface area contributed by atoms with Crippen molar-refractivity contribution >= 4 is 11.6 Å². The largest absolute Gasteiger partial charge is 0.329 e. The van der Waals surface area contributed by atoms with E-state index >= 15 is 0 Å². The van der Waals surface area contributed by atoms with E-state index in [0.29, 0.717) is 18.4 Å². The molecule has 0 amide bonds. The summed E-state index contributed by atoms with van der Waals surface area (Å²) in [6, 6.07) is 4.98. The smallest absolute Gasteiger partial charge is 0.141 e. The molecule has 1 aromatic carbocycles. The molecule has 0 aliphatic carbocycles. The molecule has 0 radical (unpaired) electrons. The van der Waals surface area contributed by atoms with Crippen LogP contribution < -0.4 is 5.73 Å². The highest BCUT2D eigenvalue weighted by molar-refractivity contribution is 6.30. The highest BCUT2D eigenvalue weighted by Gasteiger charge is 2.21. The summed E-state index contributed by atoms with van der Waals surface area (Å²) < 4.78 is 13.3. The van der Waals surface area contributed by atoms with Crippen LogP contribution in [-0.4, -0.2) is 24.5 Å². The lowest BCUT2D eigenvalue weighted by Crippen LogP contribution is -2.38. The summed E-state index contributed by atoms with van der Waals surface area (Å²) in [7, 11) is 0. The summed E-state index contributed by atoms with van der Waals surface area (Å²) in [5.41, 5.74) is 6.95. The maximum atomic E-state index is 13.3. The molecule has 4 heteroatoms. The van der Waals surface area contributed by atoms with Gasteiger partial charge in [-0.05, 0) is 29.5 Å². The molecule has 0 fully saturated rings. The minimum atomic E-state index is -0.384. The van der Waals surface area contributed by atoms with Gasteiger partial charge in [0.05, 0.1) is 5.02 Å². The molecule has 0 aliphatic heterocycles. The number of hydrogen-bond donors (Lipinski definition) is 1. The molecule has 0 spiro atoms. The minimum Gasteiger partial charge on any atom is -0.329 e. The Bertz CT molecular complexity index is 411. The van der Waals surface area contributed by atoms with Crippen molar-refractivity contribution in [2.75, 3.05) is 19.6 Å². The molecule has 0 saturated heterocycles. The van der Waals surface area contributed by atoms with Gasteiger partial charge in [0.25, 0.3) is 0 Å². The maximum absolute atomic E-state index is 13.3. The van der Waals surface area contributed by atoms with Crippen LogP contribution in [0.15, 0.2) is 18.2 Å². The number of hydrogen-bond acceptors (Lipinski definition) is 2. The van der Waals surface area contributed by atoms with Gasteiger partial charge in [0.15, 0.2) is 0 Å². The van der Waals surface area contributed by atoms with Crippen molar-refractivity contribution in [3.63, 3.8) is 0 Å². The van der Waals surface area contributed by atoms with E-state index < -0.39 is 0 Å². The Morgan fingerprint density at radius 1 is 1.15 bits per heavy atom. The molecule has 0 saturated carbocycles. The Hall–Kier alpha value is -0.640. The fraction of sp³-hybridized carbons (Fsp3) is 0.625. The topological polar surface area (TPSA) is 29.3 Å². The number of benzene rings is 1. The van der Waals surface area contributed by atoms with Crippen LogP contribution in [0.1, 0.15) is 39.3 Å². The molecule has 1 unspecified atom stereocenters. The zero-order valence-corrected chi connectivity index (χ0v) is 13.6. The maximum Gasteiger partial charge on any atom is 0.141 e. The third-order valence-corrected chi connectivity index (χ3v) is 3.48. The number of nitrogens with two attached hydrogens (primary N) is 1. The first-order valence-electron chi connectivity index (χ1n) is 7.24. The second-order valence-electron chi connectivity index (χ2n) is 6.17. The van der Waals surface area contributed by atoms with Gasteiger partial charge in [-0.3, -0.25) is 4.90 Å². The summed E-state index contributed by atoms with van der Waals surface area (Å²) in [5, 5.41) is 0.162. The van der Waals surface area contributed by atoms with Crippen molar-refractivity contribution in [1.82, 2.24) is 4.90 Å². The fourth-order valence-electron chi connectivity index (χ4n) is 2.48. The van der Waals surface area contributed by atoms with E-state index in [2.05, 4.69) is 32.6 Å². The number of halogens is 2. The predicted octanol–water partition coefficient (Wildman–Crippen LogP) is 4.09. The van der Waals surface area contributed by atoms with Gasteiger partial charge in [-0.1, -0.05) is 45.4 Å². The van der Waals surface area contributed by atoms with Crippen LogP contribution in [0.2, 0.25) is 5.02 Å². The first kappa shape index (κ1) is 17.4. The molecule has 0 aliphatic rings. The van der Waals surface area contributed by atoms with Crippen LogP contribution >= 0.6 is 11.6 Å². The van der Waals surface area contributed by atoms with Gasteiger partial charge >= 0.3 is 0 Å². The predicted molar refractivity (Wildman–Crippen MR) is 84.5 cm³/mol. The van der Waals surface area contributed by atoms with Crippen molar-refractivity contribution < 1.29 is 4.39 Å². The molecule has 0 aromatic heterocycles. The number of nitrogens with zero attached hydrogens (tertiary/aromatic N) is 1. The normalized spacial score (nSPS) is 13.5. The Kier molecular flexibility index (Phi) is 6.93. The Morgan fingerprint density at radius 3 is 2.10 bits per heavy atom. The lowest BCUT2D eigenvalue weighted by molar-refractivity contribution is 0.160. The highest BCUT2D eigenvalue weighted by atomic mass is 35.5. The molecule has 1 atom stereocenters. The van der Waals surface area contributed by atoms with Gasteiger partial charge < -0.3 is 5.73 Å². The summed E-state index contributed by atoms with van der Waals surface area (Å²) >= 11 is 5.90. The second kappa shape index (κ2) is 7.96. The molecule has 114 valence electrons. The molecule has 1 rings (SSSR count). The van der Waals surface area contributed by atoms with Crippen molar-refractivity contribution in [3.8, 4) is 0 Å². The van der Waals surface area contributed by atoms with Gasteiger partial charge in [0.2, 0.25) is 0 Å². The quantitative estimate of drug-likeness (QED) is 0.821. The third kappa shape index (κ3) is 5.04. The van der Waals surface area contributed by atoms with Crippen LogP contribution in [-0.2, 0) is 0 Å². The molecule has 1 aromatic rings. The molecule has 0 bridgehead atoms. The standard InChI is InChI=1S/C16H26ClFN2/c1-11(2)9-20(10-12(3)4)16(8-19)13-5-6-15(18)14(17)7-13/h5-7,11-12,16H,8-10,19H2,1-4H3. The van der Waals surface area contributed by atoms with Crippen molar-refractivity contribution in [1.29, 1.82) is 0 Å². The van der Waals surface area contributed by atoms with Crippen molar-refractivity contribution in [2.45, 2.75) is 33.7 Å². The Balaban J connectivity index is 3.01. The number of rotatable bonds is 7. The summed E-state index contributed by atoms with van der Waals surface area (Å²) in [5.74, 6) is 0.725. The van der Waals surface area contributed by atoms with Crippen LogP contribution in [0, 0.1) is 17.7 Å². The molecular weight excluding hydrogens is 275 g/mol. The van der Waals surface area contributed by atoms with Crippen LogP contribution in [0.3, 0.4) is 0 Å². The first-order chi connectivity index (χ1) is 9.35. The average molecular weight is 301 g/mol. The average Bonchev–Trinajstić information content (AvgIpc) is 2.33. The molecule has 2 nitrogen and oxygen atoms in total. The molecule has 0 heterocycles. The summed E-state index contributed by atoms with van der Waals surface area (Å²) in [4.78, 5) is 2.37. The van der Waals surface area contributed by atoms with E-state index in [4.69, 9.17) is 17.3 Å². The van der Waals surface area contributed by atoms with Crippen LogP contribution in [0.5, 0.6) is 0 Å². The van der Waals surface area contributed by atoms with E-state index in [9.17, 15) is 4.39 Å². The zero-order valence-electron chi connectivity index (χ0n) is 12.9. The highest BCUT2D eigenvalue weighted by Crippen LogP contribution is 2.26. The van der Waals surface area contributed by atoms with Crippen molar-refractivity contribution in [3.05, 3.63) is 34.6 Å². The molecular formula is C16H26ClFN2. The van der Waals surface area contributed by atoms with Gasteiger partial charge in [-0.2, -0.15) is 0 Å². The van der Waals surface area contributed by atoms with E-state index in [1.165, 1.54) is 6.07 Å². The zero-order chi connectivity index (χ0) is 15.3. The van der Waals surface area contributed by atoms with E-state index in [-0.39, 0.29) is 16.9 Å². The van der Waals surface area contributed by atoms with Crippen LogP contribution in [0.25, 0.3) is 0 Å². The monoisotopic (exact) mass is 300 g/mol. The first-order valence-corrected chi connectivity index (χ1v) is 7.62. The Labute approximate surface area is 127 Å². The van der Waals surface area contributed by atoms with Crippen molar-refractivity contribution in [2.24, 2.45) is 17.6 Å².